The first-order valence-electron chi connectivity index (χ1n) is 7.04. The molecule has 1 aromatic rings. The van der Waals surface area contributed by atoms with Gasteiger partial charge in [-0.05, 0) is 25.0 Å². The maximum absolute atomic E-state index is 12.6. The molecule has 0 radical (unpaired) electrons. The minimum Gasteiger partial charge on any atom is -0.477 e. The summed E-state index contributed by atoms with van der Waals surface area (Å²) in [4.78, 5) is 28.9. The lowest BCUT2D eigenvalue weighted by molar-refractivity contribution is 0.0587. The van der Waals surface area contributed by atoms with Gasteiger partial charge in [-0.3, -0.25) is 4.79 Å². The number of carbonyl (C=O) groups excluding carboxylic acids is 1. The van der Waals surface area contributed by atoms with Crippen molar-refractivity contribution in [2.24, 2.45) is 0 Å². The number of rotatable bonds is 8. The predicted octanol–water partition coefficient (Wildman–Crippen LogP) is 2.06. The fourth-order valence-corrected chi connectivity index (χ4v) is 2.18. The molecule has 0 fully saturated rings. The molecule has 6 heteroatoms. The van der Waals surface area contributed by atoms with Crippen molar-refractivity contribution in [2.45, 2.75) is 32.7 Å². The number of carboxylic acids is 1. The number of nitrogens with zero attached hydrogens (tertiary/aromatic N) is 2. The van der Waals surface area contributed by atoms with Crippen molar-refractivity contribution in [2.75, 3.05) is 20.3 Å². The lowest BCUT2D eigenvalue weighted by Crippen LogP contribution is -2.41. The number of amides is 1. The number of aromatic nitrogens is 1. The van der Waals surface area contributed by atoms with E-state index in [9.17, 15) is 9.59 Å². The van der Waals surface area contributed by atoms with Crippen molar-refractivity contribution >= 4 is 11.9 Å². The molecule has 1 heterocycles. The summed E-state index contributed by atoms with van der Waals surface area (Å²) < 4.78 is 5.06. The predicted molar refractivity (Wildman–Crippen MR) is 78.5 cm³/mol. The average molecular weight is 294 g/mol. The van der Waals surface area contributed by atoms with Crippen LogP contribution in [0.15, 0.2) is 18.3 Å². The quantitative estimate of drug-likeness (QED) is 0.793. The maximum atomic E-state index is 12.6. The molecule has 0 bridgehead atoms. The van der Waals surface area contributed by atoms with Crippen molar-refractivity contribution < 1.29 is 19.4 Å². The first-order valence-corrected chi connectivity index (χ1v) is 7.04. The molecule has 0 atom stereocenters. The Morgan fingerprint density at radius 2 is 2.00 bits per heavy atom. The van der Waals surface area contributed by atoms with Crippen molar-refractivity contribution in [3.05, 3.63) is 29.6 Å². The average Bonchev–Trinajstić information content (AvgIpc) is 2.51. The van der Waals surface area contributed by atoms with Gasteiger partial charge in [-0.25, -0.2) is 9.78 Å². The molecule has 1 amide bonds. The second-order valence-electron chi connectivity index (χ2n) is 4.70. The van der Waals surface area contributed by atoms with E-state index in [4.69, 9.17) is 9.84 Å². The number of pyridine rings is 1. The lowest BCUT2D eigenvalue weighted by Gasteiger charge is -2.30. The summed E-state index contributed by atoms with van der Waals surface area (Å²) in [6, 6.07) is 2.98. The highest BCUT2D eigenvalue weighted by Gasteiger charge is 2.22. The van der Waals surface area contributed by atoms with E-state index in [1.807, 2.05) is 13.8 Å². The Morgan fingerprint density at radius 1 is 1.33 bits per heavy atom. The molecule has 0 saturated carbocycles. The molecule has 1 rings (SSSR count). The van der Waals surface area contributed by atoms with Crippen molar-refractivity contribution in [3.8, 4) is 0 Å². The smallest absolute Gasteiger partial charge is 0.354 e. The summed E-state index contributed by atoms with van der Waals surface area (Å²) in [6.07, 6.45) is 3.02. The monoisotopic (exact) mass is 294 g/mol. The lowest BCUT2D eigenvalue weighted by atomic mass is 10.1. The standard InChI is InChI=1S/C15H22N2O4/c1-4-12(5-2)17(8-9-21-3)14(18)11-6-7-13(15(19)20)16-10-11/h6-7,10,12H,4-5,8-9H2,1-3H3,(H,19,20). The van der Waals surface area contributed by atoms with E-state index in [0.29, 0.717) is 18.7 Å². The van der Waals surface area contributed by atoms with E-state index in [-0.39, 0.29) is 17.6 Å². The Kier molecular flexibility index (Phi) is 6.81. The Balaban J connectivity index is 2.95. The van der Waals surface area contributed by atoms with E-state index < -0.39 is 5.97 Å². The maximum Gasteiger partial charge on any atom is 0.354 e. The zero-order valence-electron chi connectivity index (χ0n) is 12.7. The van der Waals surface area contributed by atoms with Crippen LogP contribution in [0.25, 0.3) is 0 Å². The highest BCUT2D eigenvalue weighted by Crippen LogP contribution is 2.13. The number of methoxy groups -OCH3 is 1. The van der Waals surface area contributed by atoms with Crippen LogP contribution in [0, 0.1) is 0 Å². The Hall–Kier alpha value is -1.95. The van der Waals surface area contributed by atoms with Gasteiger partial charge in [0.25, 0.3) is 5.91 Å². The Bertz CT molecular complexity index is 469. The van der Waals surface area contributed by atoms with E-state index in [2.05, 4.69) is 4.98 Å². The van der Waals surface area contributed by atoms with Crippen LogP contribution >= 0.6 is 0 Å². The highest BCUT2D eigenvalue weighted by molar-refractivity contribution is 5.95. The van der Waals surface area contributed by atoms with E-state index in [1.54, 1.807) is 12.0 Å². The second-order valence-corrected chi connectivity index (χ2v) is 4.70. The molecule has 0 aliphatic heterocycles. The molecular weight excluding hydrogens is 272 g/mol. The molecule has 116 valence electrons. The first kappa shape index (κ1) is 17.1. The Morgan fingerprint density at radius 3 is 2.43 bits per heavy atom. The number of carbonyl (C=O) groups is 2. The van der Waals surface area contributed by atoms with Crippen LogP contribution in [0.2, 0.25) is 0 Å². The van der Waals surface area contributed by atoms with Gasteiger partial charge in [-0.1, -0.05) is 13.8 Å². The summed E-state index contributed by atoms with van der Waals surface area (Å²) >= 11 is 0. The number of ether oxygens (including phenoxy) is 1. The minimum absolute atomic E-state index is 0.0717. The van der Waals surface area contributed by atoms with Gasteiger partial charge in [-0.2, -0.15) is 0 Å². The topological polar surface area (TPSA) is 79.7 Å². The number of aromatic carboxylic acids is 1. The Labute approximate surface area is 124 Å². The van der Waals surface area contributed by atoms with E-state index in [0.717, 1.165) is 12.8 Å². The van der Waals surface area contributed by atoms with E-state index >= 15 is 0 Å². The normalized spacial score (nSPS) is 10.7. The molecule has 0 aliphatic rings. The van der Waals surface area contributed by atoms with Crippen molar-refractivity contribution in [1.82, 2.24) is 9.88 Å². The first-order chi connectivity index (χ1) is 10.0. The summed E-state index contributed by atoms with van der Waals surface area (Å²) in [5, 5.41) is 8.83. The molecule has 0 unspecified atom stereocenters. The number of carboxylic acid groups (broad SMARTS) is 1. The summed E-state index contributed by atoms with van der Waals surface area (Å²) in [7, 11) is 1.60. The van der Waals surface area contributed by atoms with Crippen LogP contribution in [-0.4, -0.2) is 53.2 Å². The zero-order chi connectivity index (χ0) is 15.8. The van der Waals surface area contributed by atoms with Crippen LogP contribution < -0.4 is 0 Å². The molecule has 0 saturated heterocycles. The fourth-order valence-electron chi connectivity index (χ4n) is 2.18. The largest absolute Gasteiger partial charge is 0.477 e. The van der Waals surface area contributed by atoms with Crippen LogP contribution in [-0.2, 0) is 4.74 Å². The molecular formula is C15H22N2O4. The van der Waals surface area contributed by atoms with Gasteiger partial charge in [0.2, 0.25) is 0 Å². The van der Waals surface area contributed by atoms with Gasteiger partial charge >= 0.3 is 5.97 Å². The van der Waals surface area contributed by atoms with Gasteiger partial charge in [-0.15, -0.1) is 0 Å². The second kappa shape index (κ2) is 8.36. The molecule has 1 aromatic heterocycles. The zero-order valence-corrected chi connectivity index (χ0v) is 12.7. The highest BCUT2D eigenvalue weighted by atomic mass is 16.5. The van der Waals surface area contributed by atoms with Crippen LogP contribution in [0.4, 0.5) is 0 Å². The van der Waals surface area contributed by atoms with Gasteiger partial charge < -0.3 is 14.7 Å². The van der Waals surface area contributed by atoms with Gasteiger partial charge in [0, 0.05) is 25.9 Å². The third-order valence-corrected chi connectivity index (χ3v) is 3.41. The third-order valence-electron chi connectivity index (χ3n) is 3.41. The molecule has 6 nitrogen and oxygen atoms in total. The number of hydrogen-bond acceptors (Lipinski definition) is 4. The molecule has 0 aliphatic carbocycles. The fraction of sp³-hybridized carbons (Fsp3) is 0.533. The van der Waals surface area contributed by atoms with Gasteiger partial charge in [0.15, 0.2) is 0 Å². The van der Waals surface area contributed by atoms with E-state index in [1.165, 1.54) is 18.3 Å². The third kappa shape index (κ3) is 4.53. The summed E-state index contributed by atoms with van der Waals surface area (Å²) in [6.45, 7) is 5.03. The minimum atomic E-state index is -1.11. The van der Waals surface area contributed by atoms with Gasteiger partial charge in [0.1, 0.15) is 5.69 Å². The molecule has 0 aromatic carbocycles. The molecule has 1 N–H and O–H groups in total. The molecule has 0 spiro atoms. The van der Waals surface area contributed by atoms with Crippen LogP contribution in [0.5, 0.6) is 0 Å². The van der Waals surface area contributed by atoms with Crippen LogP contribution in [0.3, 0.4) is 0 Å². The van der Waals surface area contributed by atoms with Crippen molar-refractivity contribution in [3.63, 3.8) is 0 Å². The summed E-state index contributed by atoms with van der Waals surface area (Å²) in [5.74, 6) is -1.25. The van der Waals surface area contributed by atoms with Crippen molar-refractivity contribution in [1.29, 1.82) is 0 Å². The summed E-state index contributed by atoms with van der Waals surface area (Å²) in [5.41, 5.74) is 0.320. The molecule has 21 heavy (non-hydrogen) atoms. The van der Waals surface area contributed by atoms with Gasteiger partial charge in [0.05, 0.1) is 12.2 Å². The number of hydrogen-bond donors (Lipinski definition) is 1. The van der Waals surface area contributed by atoms with Crippen LogP contribution in [0.1, 0.15) is 47.5 Å². The SMILES string of the molecule is CCC(CC)N(CCOC)C(=O)c1ccc(C(=O)O)nc1.